The molecule has 0 saturated carbocycles. The highest BCUT2D eigenvalue weighted by Crippen LogP contribution is 2.24. The van der Waals surface area contributed by atoms with Gasteiger partial charge in [0.05, 0.1) is 17.0 Å². The Labute approximate surface area is 179 Å². The highest BCUT2D eigenvalue weighted by molar-refractivity contribution is 7.92. The first-order valence-electron chi connectivity index (χ1n) is 10.5. The van der Waals surface area contributed by atoms with Crippen LogP contribution in [0.5, 0.6) is 0 Å². The number of benzene rings is 1. The summed E-state index contributed by atoms with van der Waals surface area (Å²) < 4.78 is 29.2. The largest absolute Gasteiger partial charge is 0.368 e. The van der Waals surface area contributed by atoms with E-state index in [-0.39, 0.29) is 17.8 Å². The van der Waals surface area contributed by atoms with Gasteiger partial charge in [0.15, 0.2) is 15.8 Å². The Balaban J connectivity index is 1.68. The summed E-state index contributed by atoms with van der Waals surface area (Å²) in [6.45, 7) is 8.09. The minimum absolute atomic E-state index is 0.113. The highest BCUT2D eigenvalue weighted by Gasteiger charge is 2.40. The maximum Gasteiger partial charge on any atom is 0.253 e. The Morgan fingerprint density at radius 1 is 1.37 bits per heavy atom. The van der Waals surface area contributed by atoms with Gasteiger partial charge in [0, 0.05) is 31.9 Å². The van der Waals surface area contributed by atoms with Crippen molar-refractivity contribution >= 4 is 27.4 Å². The molecule has 8 nitrogen and oxygen atoms in total. The summed E-state index contributed by atoms with van der Waals surface area (Å²) >= 11 is 0. The Morgan fingerprint density at radius 2 is 2.17 bits per heavy atom. The molecule has 2 N–H and O–H groups in total. The third-order valence-corrected chi connectivity index (χ3v) is 8.04. The number of hydrogen-bond acceptors (Lipinski definition) is 5. The molecule has 2 aliphatic heterocycles. The maximum absolute atomic E-state index is 12.3. The number of nitrogens with zero attached hydrogens (tertiary/aromatic N) is 2. The zero-order valence-electron chi connectivity index (χ0n) is 18.0. The molecule has 1 atom stereocenters. The number of amides is 1. The number of carbonyl (C=O) groups excluding carboxylic acids is 1. The summed E-state index contributed by atoms with van der Waals surface area (Å²) in [5.74, 6) is 0.711. The molecule has 0 bridgehead atoms. The van der Waals surface area contributed by atoms with Crippen LogP contribution in [-0.4, -0.2) is 68.0 Å². The van der Waals surface area contributed by atoms with Crippen molar-refractivity contribution in [1.82, 2.24) is 10.2 Å². The van der Waals surface area contributed by atoms with Crippen LogP contribution in [0.1, 0.15) is 39.2 Å². The summed E-state index contributed by atoms with van der Waals surface area (Å²) in [6.07, 6.45) is 1.30. The van der Waals surface area contributed by atoms with Crippen LogP contribution < -0.4 is 10.6 Å². The van der Waals surface area contributed by atoms with Gasteiger partial charge in [-0.15, -0.1) is 0 Å². The average molecular weight is 437 g/mol. The van der Waals surface area contributed by atoms with Crippen molar-refractivity contribution in [3.63, 3.8) is 0 Å². The standard InChI is InChI=1S/C21H32N4O4S/c1-4-22-20(25-10-12-30(27,28)21(2,3)15-25)23-14-16-7-5-8-17(13-16)24-19(26)18-9-6-11-29-18/h5,7-8,13,18H,4,6,9-12,14-15H2,1-3H3,(H,22,23)(H,24,26). The van der Waals surface area contributed by atoms with Gasteiger partial charge in [-0.2, -0.15) is 0 Å². The zero-order valence-corrected chi connectivity index (χ0v) is 18.8. The smallest absolute Gasteiger partial charge is 0.253 e. The number of carbonyl (C=O) groups is 1. The van der Waals surface area contributed by atoms with Crippen LogP contribution in [0, 0.1) is 0 Å². The Bertz CT molecular complexity index is 892. The second kappa shape index (κ2) is 9.34. The quantitative estimate of drug-likeness (QED) is 0.539. The van der Waals surface area contributed by atoms with E-state index < -0.39 is 14.6 Å². The average Bonchev–Trinajstić information content (AvgIpc) is 3.23. The topological polar surface area (TPSA) is 100 Å². The van der Waals surface area contributed by atoms with Crippen LogP contribution in [0.2, 0.25) is 0 Å². The molecule has 9 heteroatoms. The Hall–Kier alpha value is -2.13. The van der Waals surface area contributed by atoms with E-state index in [9.17, 15) is 13.2 Å². The number of sulfone groups is 1. The molecule has 2 heterocycles. The van der Waals surface area contributed by atoms with Crippen LogP contribution in [0.15, 0.2) is 29.3 Å². The molecular weight excluding hydrogens is 404 g/mol. The second-order valence-electron chi connectivity index (χ2n) is 8.36. The lowest BCUT2D eigenvalue weighted by molar-refractivity contribution is -0.124. The van der Waals surface area contributed by atoms with E-state index in [4.69, 9.17) is 9.73 Å². The second-order valence-corrected chi connectivity index (χ2v) is 11.1. The SMILES string of the molecule is CCNC(=NCc1cccc(NC(=O)C2CCCO2)c1)N1CCS(=O)(=O)C(C)(C)C1. The highest BCUT2D eigenvalue weighted by atomic mass is 32.2. The monoisotopic (exact) mass is 436 g/mol. The first kappa shape index (κ1) is 22.6. The number of anilines is 1. The molecule has 2 aliphatic rings. The zero-order chi connectivity index (χ0) is 21.8. The van der Waals surface area contributed by atoms with Crippen molar-refractivity contribution < 1.29 is 17.9 Å². The minimum atomic E-state index is -3.11. The van der Waals surface area contributed by atoms with Gasteiger partial charge in [-0.1, -0.05) is 12.1 Å². The molecule has 1 unspecified atom stereocenters. The van der Waals surface area contributed by atoms with Crippen molar-refractivity contribution in [1.29, 1.82) is 0 Å². The summed E-state index contributed by atoms with van der Waals surface area (Å²) in [5.41, 5.74) is 1.68. The van der Waals surface area contributed by atoms with Gasteiger partial charge in [0.2, 0.25) is 0 Å². The van der Waals surface area contributed by atoms with E-state index in [1.165, 1.54) is 0 Å². The van der Waals surface area contributed by atoms with E-state index in [1.807, 2.05) is 36.1 Å². The fraction of sp³-hybridized carbons (Fsp3) is 0.619. The van der Waals surface area contributed by atoms with Crippen molar-refractivity contribution in [3.05, 3.63) is 29.8 Å². The molecule has 0 aliphatic carbocycles. The third kappa shape index (κ3) is 5.31. The summed E-state index contributed by atoms with van der Waals surface area (Å²) in [7, 11) is -3.11. The molecule has 1 amide bonds. The number of ether oxygens (including phenoxy) is 1. The normalized spacial score (nSPS) is 23.2. The van der Waals surface area contributed by atoms with E-state index in [2.05, 4.69) is 10.6 Å². The van der Waals surface area contributed by atoms with E-state index in [0.29, 0.717) is 38.7 Å². The molecule has 1 aromatic rings. The van der Waals surface area contributed by atoms with Crippen molar-refractivity contribution in [2.24, 2.45) is 4.99 Å². The van der Waals surface area contributed by atoms with Crippen molar-refractivity contribution in [3.8, 4) is 0 Å². The summed E-state index contributed by atoms with van der Waals surface area (Å²) in [6, 6.07) is 7.60. The molecule has 2 saturated heterocycles. The predicted molar refractivity (Wildman–Crippen MR) is 118 cm³/mol. The van der Waals surface area contributed by atoms with Gasteiger partial charge in [0.1, 0.15) is 6.10 Å². The van der Waals surface area contributed by atoms with Gasteiger partial charge in [-0.05, 0) is 51.3 Å². The predicted octanol–water partition coefficient (Wildman–Crippen LogP) is 1.78. The van der Waals surface area contributed by atoms with Crippen molar-refractivity contribution in [2.75, 3.05) is 37.3 Å². The fourth-order valence-corrected chi connectivity index (χ4v) is 5.04. The maximum atomic E-state index is 12.3. The Kier molecular flexibility index (Phi) is 7.02. The summed E-state index contributed by atoms with van der Waals surface area (Å²) in [5, 5.41) is 6.18. The van der Waals surface area contributed by atoms with Gasteiger partial charge in [-0.3, -0.25) is 4.79 Å². The van der Waals surface area contributed by atoms with Crippen LogP contribution in [-0.2, 0) is 25.9 Å². The van der Waals surface area contributed by atoms with E-state index in [0.717, 1.165) is 24.1 Å². The molecule has 166 valence electrons. The summed E-state index contributed by atoms with van der Waals surface area (Å²) in [4.78, 5) is 19.0. The molecular formula is C21H32N4O4S. The molecule has 2 fully saturated rings. The Morgan fingerprint density at radius 3 is 2.83 bits per heavy atom. The van der Waals surface area contributed by atoms with Gasteiger partial charge < -0.3 is 20.3 Å². The number of guanidine groups is 1. The van der Waals surface area contributed by atoms with Gasteiger partial charge in [0.25, 0.3) is 5.91 Å². The lowest BCUT2D eigenvalue weighted by atomic mass is 10.2. The van der Waals surface area contributed by atoms with E-state index >= 15 is 0 Å². The number of nitrogens with one attached hydrogen (secondary N) is 2. The van der Waals surface area contributed by atoms with Crippen LogP contribution >= 0.6 is 0 Å². The number of aliphatic imine (C=N–C) groups is 1. The molecule has 1 aromatic carbocycles. The van der Waals surface area contributed by atoms with Crippen LogP contribution in [0.25, 0.3) is 0 Å². The minimum Gasteiger partial charge on any atom is -0.368 e. The fourth-order valence-electron chi connectivity index (χ4n) is 3.67. The molecule has 0 spiro atoms. The lowest BCUT2D eigenvalue weighted by Crippen LogP contribution is -2.57. The van der Waals surface area contributed by atoms with Crippen molar-refractivity contribution in [2.45, 2.75) is 51.0 Å². The number of rotatable bonds is 5. The molecule has 30 heavy (non-hydrogen) atoms. The van der Waals surface area contributed by atoms with Crippen LogP contribution in [0.3, 0.4) is 0 Å². The molecule has 3 rings (SSSR count). The lowest BCUT2D eigenvalue weighted by Gasteiger charge is -2.39. The molecule has 0 radical (unpaired) electrons. The van der Waals surface area contributed by atoms with Gasteiger partial charge >= 0.3 is 0 Å². The van der Waals surface area contributed by atoms with Gasteiger partial charge in [-0.25, -0.2) is 13.4 Å². The first-order valence-corrected chi connectivity index (χ1v) is 12.1. The molecule has 0 aromatic heterocycles. The number of hydrogen-bond donors (Lipinski definition) is 2. The van der Waals surface area contributed by atoms with E-state index in [1.54, 1.807) is 13.8 Å². The first-order chi connectivity index (χ1) is 14.2. The third-order valence-electron chi connectivity index (χ3n) is 5.51. The van der Waals surface area contributed by atoms with Crippen LogP contribution in [0.4, 0.5) is 5.69 Å².